The molecule has 1 aromatic carbocycles. The number of halogens is 1. The molecule has 0 unspecified atom stereocenters. The van der Waals surface area contributed by atoms with Crippen LogP contribution in [0, 0.1) is 5.41 Å². The number of hydrogen-bond acceptors (Lipinski definition) is 3. The summed E-state index contributed by atoms with van der Waals surface area (Å²) in [4.78, 5) is 4.68. The van der Waals surface area contributed by atoms with Crippen LogP contribution in [-0.2, 0) is 6.54 Å². The van der Waals surface area contributed by atoms with Gasteiger partial charge in [0.1, 0.15) is 5.84 Å². The van der Waals surface area contributed by atoms with Crippen LogP contribution in [0.1, 0.15) is 30.4 Å². The van der Waals surface area contributed by atoms with E-state index in [4.69, 9.17) is 22.7 Å². The van der Waals surface area contributed by atoms with E-state index in [9.17, 15) is 0 Å². The molecule has 0 aromatic heterocycles. The zero-order chi connectivity index (χ0) is 15.6. The van der Waals surface area contributed by atoms with Crippen molar-refractivity contribution in [3.05, 3.63) is 34.3 Å². The lowest BCUT2D eigenvalue weighted by Crippen LogP contribution is -2.56. The predicted molar refractivity (Wildman–Crippen MR) is 89.1 cm³/mol. The summed E-state index contributed by atoms with van der Waals surface area (Å²) in [5, 5.41) is 8.13. The molecule has 116 valence electrons. The summed E-state index contributed by atoms with van der Waals surface area (Å²) in [7, 11) is 6.47. The van der Waals surface area contributed by atoms with Crippen molar-refractivity contribution in [1.29, 1.82) is 5.41 Å². The average molecular weight is 309 g/mol. The third kappa shape index (κ3) is 3.57. The largest absolute Gasteiger partial charge is 0.384 e. The fourth-order valence-electron chi connectivity index (χ4n) is 3.02. The van der Waals surface area contributed by atoms with Gasteiger partial charge in [-0.15, -0.1) is 0 Å². The molecular weight excluding hydrogens is 284 g/mol. The van der Waals surface area contributed by atoms with E-state index >= 15 is 0 Å². The van der Waals surface area contributed by atoms with Crippen molar-refractivity contribution in [1.82, 2.24) is 9.80 Å². The van der Waals surface area contributed by atoms with E-state index in [1.165, 1.54) is 19.3 Å². The van der Waals surface area contributed by atoms with Gasteiger partial charge in [0.25, 0.3) is 0 Å². The Hall–Kier alpha value is -1.10. The van der Waals surface area contributed by atoms with Gasteiger partial charge in [-0.2, -0.15) is 0 Å². The molecule has 0 heterocycles. The van der Waals surface area contributed by atoms with Gasteiger partial charge in [-0.1, -0.05) is 23.7 Å². The number of nitrogens with one attached hydrogen (secondary N) is 1. The van der Waals surface area contributed by atoms with Gasteiger partial charge in [-0.3, -0.25) is 5.41 Å². The molecule has 1 aliphatic carbocycles. The van der Waals surface area contributed by atoms with Crippen LogP contribution in [0.2, 0.25) is 5.02 Å². The summed E-state index contributed by atoms with van der Waals surface area (Å²) in [5.74, 6) is 0.0535. The Morgan fingerprint density at radius 1 is 1.33 bits per heavy atom. The van der Waals surface area contributed by atoms with E-state index in [2.05, 4.69) is 30.9 Å². The highest BCUT2D eigenvalue weighted by Crippen LogP contribution is 2.37. The van der Waals surface area contributed by atoms with Crippen molar-refractivity contribution in [3.63, 3.8) is 0 Å². The topological polar surface area (TPSA) is 56.4 Å². The minimum atomic E-state index is 0.0535. The molecule has 1 aliphatic rings. The highest BCUT2D eigenvalue weighted by molar-refractivity contribution is 6.31. The van der Waals surface area contributed by atoms with Gasteiger partial charge in [0.15, 0.2) is 0 Å². The molecule has 1 fully saturated rings. The maximum Gasteiger partial charge on any atom is 0.122 e. The van der Waals surface area contributed by atoms with Gasteiger partial charge < -0.3 is 15.5 Å². The fourth-order valence-corrected chi connectivity index (χ4v) is 3.26. The molecule has 0 radical (unpaired) electrons. The van der Waals surface area contributed by atoms with E-state index < -0.39 is 0 Å². The first-order valence-electron chi connectivity index (χ1n) is 7.33. The fraction of sp³-hybridized carbons (Fsp3) is 0.562. The summed E-state index contributed by atoms with van der Waals surface area (Å²) < 4.78 is 0. The molecule has 0 saturated heterocycles. The van der Waals surface area contributed by atoms with E-state index in [1.54, 1.807) is 6.07 Å². The lowest BCUT2D eigenvalue weighted by Gasteiger charge is -2.49. The number of amidine groups is 1. The van der Waals surface area contributed by atoms with Crippen LogP contribution < -0.4 is 5.73 Å². The van der Waals surface area contributed by atoms with Crippen molar-refractivity contribution in [2.24, 2.45) is 5.73 Å². The predicted octanol–water partition coefficient (Wildman–Crippen LogP) is 2.54. The second-order valence-electron chi connectivity index (χ2n) is 6.36. The van der Waals surface area contributed by atoms with Gasteiger partial charge in [-0.25, -0.2) is 0 Å². The summed E-state index contributed by atoms with van der Waals surface area (Å²) >= 11 is 6.31. The molecule has 1 saturated carbocycles. The van der Waals surface area contributed by atoms with Gasteiger partial charge in [0, 0.05) is 29.2 Å². The quantitative estimate of drug-likeness (QED) is 0.627. The van der Waals surface area contributed by atoms with Crippen LogP contribution in [0.3, 0.4) is 0 Å². The van der Waals surface area contributed by atoms with Crippen LogP contribution in [0.5, 0.6) is 0 Å². The first kappa shape index (κ1) is 16.3. The van der Waals surface area contributed by atoms with Crippen LogP contribution in [-0.4, -0.2) is 48.9 Å². The number of nitrogens with two attached hydrogens (primary N) is 1. The Morgan fingerprint density at radius 3 is 2.43 bits per heavy atom. The highest BCUT2D eigenvalue weighted by atomic mass is 35.5. The molecule has 2 rings (SSSR count). The van der Waals surface area contributed by atoms with Crippen LogP contribution in [0.15, 0.2) is 18.2 Å². The zero-order valence-corrected chi connectivity index (χ0v) is 13.9. The first-order chi connectivity index (χ1) is 9.84. The Morgan fingerprint density at radius 2 is 2.00 bits per heavy atom. The Kier molecular flexibility index (Phi) is 4.91. The third-order valence-corrected chi connectivity index (χ3v) is 4.95. The Balaban J connectivity index is 2.03. The highest BCUT2D eigenvalue weighted by Gasteiger charge is 2.39. The average Bonchev–Trinajstić information content (AvgIpc) is 2.35. The van der Waals surface area contributed by atoms with Crippen molar-refractivity contribution in [2.75, 3.05) is 27.7 Å². The number of nitrogens with zero attached hydrogens (tertiary/aromatic N) is 2. The summed E-state index contributed by atoms with van der Waals surface area (Å²) in [6.07, 6.45) is 3.85. The van der Waals surface area contributed by atoms with E-state index in [-0.39, 0.29) is 5.84 Å². The van der Waals surface area contributed by atoms with Crippen molar-refractivity contribution in [2.45, 2.75) is 31.3 Å². The Bertz CT molecular complexity index is 523. The molecular formula is C16H25ClN4. The molecule has 21 heavy (non-hydrogen) atoms. The van der Waals surface area contributed by atoms with Gasteiger partial charge in [0.2, 0.25) is 0 Å². The monoisotopic (exact) mass is 308 g/mol. The van der Waals surface area contributed by atoms with E-state index in [0.717, 1.165) is 18.7 Å². The number of hydrogen-bond donors (Lipinski definition) is 2. The SMILES string of the molecule is CN(Cc1ccc(C(=N)N)cc1Cl)CC1(N(C)C)CCC1. The molecule has 0 aliphatic heterocycles. The van der Waals surface area contributed by atoms with Crippen LogP contribution >= 0.6 is 11.6 Å². The number of likely N-dealkylation sites (N-methyl/N-ethyl adjacent to an activating group) is 2. The van der Waals surface area contributed by atoms with Crippen molar-refractivity contribution < 1.29 is 0 Å². The van der Waals surface area contributed by atoms with Crippen LogP contribution in [0.4, 0.5) is 0 Å². The molecule has 0 bridgehead atoms. The summed E-state index contributed by atoms with van der Waals surface area (Å²) in [6, 6.07) is 5.61. The van der Waals surface area contributed by atoms with Gasteiger partial charge in [-0.05, 0) is 52.0 Å². The smallest absolute Gasteiger partial charge is 0.122 e. The van der Waals surface area contributed by atoms with Crippen LogP contribution in [0.25, 0.3) is 0 Å². The second kappa shape index (κ2) is 6.34. The molecule has 1 aromatic rings. The lowest BCUT2D eigenvalue weighted by molar-refractivity contribution is 0.0259. The minimum absolute atomic E-state index is 0.0535. The second-order valence-corrected chi connectivity index (χ2v) is 6.77. The van der Waals surface area contributed by atoms with Gasteiger partial charge in [0.05, 0.1) is 0 Å². The molecule has 5 heteroatoms. The zero-order valence-electron chi connectivity index (χ0n) is 13.1. The summed E-state index contributed by atoms with van der Waals surface area (Å²) in [6.45, 7) is 1.86. The van der Waals surface area contributed by atoms with Crippen molar-refractivity contribution in [3.8, 4) is 0 Å². The molecule has 0 spiro atoms. The van der Waals surface area contributed by atoms with Crippen molar-refractivity contribution >= 4 is 17.4 Å². The first-order valence-corrected chi connectivity index (χ1v) is 7.71. The van der Waals surface area contributed by atoms with Gasteiger partial charge >= 0.3 is 0 Å². The molecule has 0 amide bonds. The molecule has 4 nitrogen and oxygen atoms in total. The standard InChI is InChI=1S/C16H25ClN4/c1-20(2)16(7-4-8-16)11-21(3)10-13-6-5-12(15(18)19)9-14(13)17/h5-6,9H,4,7-8,10-11H2,1-3H3,(H3,18,19). The molecule has 3 N–H and O–H groups in total. The summed E-state index contributed by atoms with van der Waals surface area (Å²) in [5.41, 5.74) is 7.56. The van der Waals surface area contributed by atoms with E-state index in [1.807, 2.05) is 12.1 Å². The Labute approximate surface area is 132 Å². The number of rotatable bonds is 6. The number of nitrogen functional groups attached to an aromatic ring is 1. The lowest BCUT2D eigenvalue weighted by atomic mass is 9.75. The molecule has 0 atom stereocenters. The maximum atomic E-state index is 7.45. The third-order valence-electron chi connectivity index (χ3n) is 4.60. The van der Waals surface area contributed by atoms with E-state index in [0.29, 0.717) is 16.1 Å². The minimum Gasteiger partial charge on any atom is -0.384 e. The maximum absolute atomic E-state index is 7.45. The number of benzene rings is 1. The normalized spacial score (nSPS) is 17.0.